The van der Waals surface area contributed by atoms with E-state index in [1.165, 1.54) is 6.08 Å². The average molecular weight is 425 g/mol. The smallest absolute Gasteiger partial charge is 0.255 e. The molecule has 1 amide bonds. The van der Waals surface area contributed by atoms with Crippen LogP contribution in [0.1, 0.15) is 32.6 Å². The van der Waals surface area contributed by atoms with Crippen molar-refractivity contribution in [2.24, 2.45) is 0 Å². The highest BCUT2D eigenvalue weighted by Crippen LogP contribution is 2.36. The molecule has 0 unspecified atom stereocenters. The van der Waals surface area contributed by atoms with Gasteiger partial charge < -0.3 is 15.0 Å². The fourth-order valence-electron chi connectivity index (χ4n) is 3.35. The minimum Gasteiger partial charge on any atom is -0.489 e. The fraction of sp³-hybridized carbons (Fsp3) is 0.250. The van der Waals surface area contributed by atoms with Crippen molar-refractivity contribution in [3.05, 3.63) is 81.5 Å². The monoisotopic (exact) mass is 424 g/mol. The molecule has 0 fully saturated rings. The van der Waals surface area contributed by atoms with Gasteiger partial charge in [-0.15, -0.1) is 0 Å². The second kappa shape index (κ2) is 9.63. The van der Waals surface area contributed by atoms with Gasteiger partial charge in [0.15, 0.2) is 5.75 Å². The molecule has 156 valence electrons. The molecular weight excluding hydrogens is 400 g/mol. The molecule has 0 aliphatic carbocycles. The first-order chi connectivity index (χ1) is 14.4. The molecule has 30 heavy (non-hydrogen) atoms. The van der Waals surface area contributed by atoms with Crippen LogP contribution in [0.5, 0.6) is 5.75 Å². The van der Waals surface area contributed by atoms with Crippen molar-refractivity contribution in [1.29, 1.82) is 0 Å². The van der Waals surface area contributed by atoms with E-state index in [2.05, 4.69) is 5.32 Å². The molecule has 0 radical (unpaired) electrons. The topological polar surface area (TPSA) is 58.6 Å². The Labute approximate surface area is 182 Å². The Kier molecular flexibility index (Phi) is 6.95. The summed E-state index contributed by atoms with van der Waals surface area (Å²) in [6.45, 7) is 2.81. The second-order valence-corrected chi connectivity index (χ2v) is 7.75. The van der Waals surface area contributed by atoms with Crippen molar-refractivity contribution in [1.82, 2.24) is 10.2 Å². The minimum atomic E-state index is -0.165. The number of nitrogens with one attached hydrogen (secondary N) is 1. The number of rotatable bonds is 6. The van der Waals surface area contributed by atoms with Crippen molar-refractivity contribution in [3.8, 4) is 5.75 Å². The number of fused-ring (bicyclic) bond motifs is 1. The maximum Gasteiger partial charge on any atom is 0.255 e. The number of hydrogen-bond acceptors (Lipinski definition) is 4. The minimum absolute atomic E-state index is 0.165. The molecule has 6 heteroatoms. The third-order valence-electron chi connectivity index (χ3n) is 4.89. The zero-order valence-electron chi connectivity index (χ0n) is 17.4. The Hall–Kier alpha value is -3.05. The van der Waals surface area contributed by atoms with Gasteiger partial charge in [0.05, 0.1) is 17.1 Å². The average Bonchev–Trinajstić information content (AvgIpc) is 2.91. The van der Waals surface area contributed by atoms with Gasteiger partial charge in [0, 0.05) is 20.3 Å². The van der Waals surface area contributed by atoms with Gasteiger partial charge in [-0.1, -0.05) is 35.9 Å². The summed E-state index contributed by atoms with van der Waals surface area (Å²) in [5, 5.41) is 3.32. The van der Waals surface area contributed by atoms with Crippen LogP contribution in [0.25, 0.3) is 5.57 Å². The van der Waals surface area contributed by atoms with Crippen molar-refractivity contribution in [3.63, 3.8) is 0 Å². The quantitative estimate of drug-likeness (QED) is 0.432. The highest BCUT2D eigenvalue weighted by atomic mass is 35.5. The van der Waals surface area contributed by atoms with Crippen molar-refractivity contribution in [2.75, 3.05) is 27.2 Å². The lowest BCUT2D eigenvalue weighted by Gasteiger charge is -2.15. The zero-order valence-corrected chi connectivity index (χ0v) is 18.1. The second-order valence-electron chi connectivity index (χ2n) is 7.37. The van der Waals surface area contributed by atoms with E-state index in [4.69, 9.17) is 16.3 Å². The van der Waals surface area contributed by atoms with Crippen molar-refractivity contribution < 1.29 is 14.3 Å². The predicted molar refractivity (Wildman–Crippen MR) is 120 cm³/mol. The van der Waals surface area contributed by atoms with Crippen LogP contribution in [0.4, 0.5) is 0 Å². The van der Waals surface area contributed by atoms with Crippen LogP contribution in [0.15, 0.2) is 48.7 Å². The molecular formula is C24H25ClN2O3. The largest absolute Gasteiger partial charge is 0.489 e. The Bertz CT molecular complexity index is 1010. The maximum atomic E-state index is 12.4. The lowest BCUT2D eigenvalue weighted by atomic mass is 9.95. The van der Waals surface area contributed by atoms with Crippen molar-refractivity contribution >= 4 is 29.4 Å². The summed E-state index contributed by atoms with van der Waals surface area (Å²) in [5.74, 6) is 0.296. The molecule has 1 heterocycles. The molecule has 1 aliphatic heterocycles. The van der Waals surface area contributed by atoms with Crippen LogP contribution >= 0.6 is 11.6 Å². The van der Waals surface area contributed by atoms with Gasteiger partial charge >= 0.3 is 0 Å². The van der Waals surface area contributed by atoms with E-state index in [0.29, 0.717) is 35.9 Å². The summed E-state index contributed by atoms with van der Waals surface area (Å²) in [4.78, 5) is 25.0. The molecule has 3 rings (SSSR count). The number of hydrogen-bond donors (Lipinski definition) is 1. The highest BCUT2D eigenvalue weighted by Gasteiger charge is 2.22. The third kappa shape index (κ3) is 4.92. The van der Waals surface area contributed by atoms with E-state index < -0.39 is 0 Å². The summed E-state index contributed by atoms with van der Waals surface area (Å²) in [5.41, 5.74) is 5.42. The van der Waals surface area contributed by atoms with E-state index in [1.54, 1.807) is 6.08 Å². The molecule has 0 spiro atoms. The first-order valence-corrected chi connectivity index (χ1v) is 10.1. The molecule has 0 atom stereocenters. The van der Waals surface area contributed by atoms with Gasteiger partial charge in [-0.3, -0.25) is 9.59 Å². The summed E-state index contributed by atoms with van der Waals surface area (Å²) < 4.78 is 5.68. The predicted octanol–water partition coefficient (Wildman–Crippen LogP) is 4.02. The molecule has 0 bridgehead atoms. The maximum absolute atomic E-state index is 12.4. The van der Waals surface area contributed by atoms with Crippen molar-refractivity contribution in [2.45, 2.75) is 13.3 Å². The van der Waals surface area contributed by atoms with Gasteiger partial charge in [-0.05, 0) is 59.4 Å². The summed E-state index contributed by atoms with van der Waals surface area (Å²) in [6, 6.07) is 10.0. The van der Waals surface area contributed by atoms with Crippen LogP contribution in [0, 0.1) is 6.92 Å². The first-order valence-electron chi connectivity index (χ1n) is 9.73. The summed E-state index contributed by atoms with van der Waals surface area (Å²) >= 11 is 6.53. The fourth-order valence-corrected chi connectivity index (χ4v) is 3.63. The number of aldehydes is 1. The normalized spacial score (nSPS) is 14.0. The highest BCUT2D eigenvalue weighted by molar-refractivity contribution is 6.33. The number of halogens is 1. The number of carbonyl (C=O) groups is 2. The van der Waals surface area contributed by atoms with Gasteiger partial charge in [0.25, 0.3) is 5.91 Å². The Morgan fingerprint density at radius 3 is 2.67 bits per heavy atom. The summed E-state index contributed by atoms with van der Waals surface area (Å²) in [6.07, 6.45) is 6.64. The van der Waals surface area contributed by atoms with Gasteiger partial charge in [-0.2, -0.15) is 0 Å². The number of benzene rings is 2. The molecule has 0 aromatic heterocycles. The number of amides is 1. The Morgan fingerprint density at radius 2 is 2.00 bits per heavy atom. The van der Waals surface area contributed by atoms with E-state index in [9.17, 15) is 9.59 Å². The molecule has 0 saturated carbocycles. The molecule has 2 aromatic carbocycles. The Balaban J connectivity index is 1.90. The van der Waals surface area contributed by atoms with Crippen LogP contribution in [0.2, 0.25) is 5.02 Å². The Morgan fingerprint density at radius 1 is 1.27 bits per heavy atom. The van der Waals surface area contributed by atoms with E-state index in [-0.39, 0.29) is 5.91 Å². The van der Waals surface area contributed by atoms with Crippen LogP contribution in [-0.4, -0.2) is 44.3 Å². The third-order valence-corrected chi connectivity index (χ3v) is 5.34. The van der Waals surface area contributed by atoms with Crippen LogP contribution in [0.3, 0.4) is 0 Å². The lowest BCUT2D eigenvalue weighted by Crippen LogP contribution is -2.24. The first kappa shape index (κ1) is 21.7. The van der Waals surface area contributed by atoms with E-state index >= 15 is 0 Å². The zero-order chi connectivity index (χ0) is 21.7. The van der Waals surface area contributed by atoms with Gasteiger partial charge in [-0.25, -0.2) is 0 Å². The van der Waals surface area contributed by atoms with Gasteiger partial charge in [0.2, 0.25) is 0 Å². The number of ether oxygens (including phenoxy) is 1. The SMILES string of the molecule is Cc1c(Cc2ccc(C(/C=C\C=O)=C/N(C)C)cc2)cc2c(c1Cl)OCCNC2=O. The molecule has 0 saturated heterocycles. The molecule has 1 aliphatic rings. The number of nitrogens with zero attached hydrogens (tertiary/aromatic N) is 1. The standard InChI is InChI=1S/C24H25ClN2O3/c1-16-20(14-21-23(22(16)25)30-12-10-26-24(21)29)13-17-6-8-18(9-7-17)19(5-4-11-28)15-27(2)3/h4-9,11,14-15H,10,12-13H2,1-3H3,(H,26,29)/b5-4-,19-15+. The van der Waals surface area contributed by atoms with E-state index in [0.717, 1.165) is 34.1 Å². The van der Waals surface area contributed by atoms with Crippen LogP contribution < -0.4 is 10.1 Å². The van der Waals surface area contributed by atoms with Crippen LogP contribution in [-0.2, 0) is 11.2 Å². The van der Waals surface area contributed by atoms with E-state index in [1.807, 2.05) is 62.5 Å². The molecule has 2 aromatic rings. The number of allylic oxidation sites excluding steroid dienone is 3. The lowest BCUT2D eigenvalue weighted by molar-refractivity contribution is -0.104. The number of carbonyl (C=O) groups excluding carboxylic acids is 2. The summed E-state index contributed by atoms with van der Waals surface area (Å²) in [7, 11) is 3.88. The molecule has 1 N–H and O–H groups in total. The van der Waals surface area contributed by atoms with Gasteiger partial charge in [0.1, 0.15) is 12.9 Å². The molecule has 5 nitrogen and oxygen atoms in total.